The Morgan fingerprint density at radius 3 is 2.88 bits per heavy atom. The molecule has 0 aliphatic carbocycles. The quantitative estimate of drug-likeness (QED) is 0.381. The highest BCUT2D eigenvalue weighted by Crippen LogP contribution is 2.15. The minimum atomic E-state index is 0.209. The van der Waals surface area contributed by atoms with E-state index in [1.54, 1.807) is 12.3 Å². The van der Waals surface area contributed by atoms with Gasteiger partial charge < -0.3 is 20.2 Å². The van der Waals surface area contributed by atoms with Gasteiger partial charge in [0, 0.05) is 19.7 Å². The van der Waals surface area contributed by atoms with Crippen LogP contribution in [-0.2, 0) is 6.54 Å². The van der Waals surface area contributed by atoms with Crippen molar-refractivity contribution in [3.63, 3.8) is 0 Å². The summed E-state index contributed by atoms with van der Waals surface area (Å²) in [7, 11) is 0. The topological polar surface area (TPSA) is 111 Å². The van der Waals surface area contributed by atoms with Gasteiger partial charge in [-0.15, -0.1) is 5.10 Å². The van der Waals surface area contributed by atoms with Crippen molar-refractivity contribution in [2.24, 2.45) is 16.8 Å². The molecule has 0 aromatic carbocycles. The Morgan fingerprint density at radius 2 is 2.23 bits per heavy atom. The fourth-order valence-corrected chi connectivity index (χ4v) is 2.77. The van der Waals surface area contributed by atoms with Crippen LogP contribution in [0.1, 0.15) is 39.4 Å². The summed E-state index contributed by atoms with van der Waals surface area (Å²) in [6, 6.07) is 3.62. The summed E-state index contributed by atoms with van der Waals surface area (Å²) in [4.78, 5) is 8.95. The van der Waals surface area contributed by atoms with Crippen molar-refractivity contribution in [3.05, 3.63) is 24.2 Å². The summed E-state index contributed by atoms with van der Waals surface area (Å²) in [5, 5.41) is 22.9. The van der Waals surface area contributed by atoms with Gasteiger partial charge in [-0.2, -0.15) is 0 Å². The molecule has 0 saturated heterocycles. The molecule has 0 spiro atoms. The zero-order valence-electron chi connectivity index (χ0n) is 15.8. The van der Waals surface area contributed by atoms with Crippen molar-refractivity contribution in [1.82, 2.24) is 25.8 Å². The maximum absolute atomic E-state index is 9.25. The van der Waals surface area contributed by atoms with Crippen LogP contribution in [0.25, 0.3) is 11.6 Å². The molecule has 26 heavy (non-hydrogen) atoms. The first-order valence-corrected chi connectivity index (χ1v) is 9.20. The lowest BCUT2D eigenvalue weighted by atomic mass is 9.94. The molecule has 1 atom stereocenters. The first-order chi connectivity index (χ1) is 12.6. The number of furan rings is 1. The van der Waals surface area contributed by atoms with Gasteiger partial charge in [-0.3, -0.25) is 5.10 Å². The maximum Gasteiger partial charge on any atom is 0.216 e. The van der Waals surface area contributed by atoms with Crippen molar-refractivity contribution >= 4 is 5.96 Å². The van der Waals surface area contributed by atoms with E-state index in [1.807, 2.05) is 13.0 Å². The molecule has 2 aromatic heterocycles. The zero-order valence-corrected chi connectivity index (χ0v) is 15.8. The smallest absolute Gasteiger partial charge is 0.216 e. The Kier molecular flexibility index (Phi) is 8.14. The lowest BCUT2D eigenvalue weighted by Gasteiger charge is -2.20. The highest BCUT2D eigenvalue weighted by molar-refractivity contribution is 5.79. The highest BCUT2D eigenvalue weighted by Gasteiger charge is 2.12. The van der Waals surface area contributed by atoms with Gasteiger partial charge in [-0.05, 0) is 43.7 Å². The number of H-pyrrole nitrogens is 1. The summed E-state index contributed by atoms with van der Waals surface area (Å²) < 4.78 is 5.29. The monoisotopic (exact) mass is 362 g/mol. The number of guanidine groups is 1. The van der Waals surface area contributed by atoms with E-state index in [0.29, 0.717) is 35.8 Å². The number of aliphatic imine (C=N–C) groups is 1. The van der Waals surface area contributed by atoms with Crippen LogP contribution in [-0.4, -0.2) is 45.9 Å². The lowest BCUT2D eigenvalue weighted by molar-refractivity contribution is 0.243. The molecule has 0 radical (unpaired) electrons. The predicted octanol–water partition coefficient (Wildman–Crippen LogP) is 2.16. The van der Waals surface area contributed by atoms with Crippen LogP contribution in [0.2, 0.25) is 0 Å². The fraction of sp³-hybridized carbons (Fsp3) is 0.611. The van der Waals surface area contributed by atoms with E-state index < -0.39 is 0 Å². The number of aliphatic hydroxyl groups excluding tert-OH is 1. The van der Waals surface area contributed by atoms with Gasteiger partial charge in [-0.25, -0.2) is 9.98 Å². The predicted molar refractivity (Wildman–Crippen MR) is 102 cm³/mol. The summed E-state index contributed by atoms with van der Waals surface area (Å²) in [5.74, 6) is 3.57. The van der Waals surface area contributed by atoms with Gasteiger partial charge in [0.15, 0.2) is 11.7 Å². The molecular formula is C18H30N6O2. The Labute approximate surface area is 154 Å². The van der Waals surface area contributed by atoms with E-state index in [0.717, 1.165) is 31.9 Å². The van der Waals surface area contributed by atoms with Gasteiger partial charge >= 0.3 is 0 Å². The van der Waals surface area contributed by atoms with Gasteiger partial charge in [0.1, 0.15) is 12.4 Å². The second-order valence-corrected chi connectivity index (χ2v) is 6.67. The molecule has 0 bridgehead atoms. The minimum Gasteiger partial charge on any atom is -0.461 e. The molecule has 0 saturated carbocycles. The van der Waals surface area contributed by atoms with Crippen molar-refractivity contribution in [1.29, 1.82) is 0 Å². The summed E-state index contributed by atoms with van der Waals surface area (Å²) in [5.41, 5.74) is 0. The highest BCUT2D eigenvalue weighted by atomic mass is 16.3. The number of hydrogen-bond acceptors (Lipinski definition) is 5. The lowest BCUT2D eigenvalue weighted by Crippen LogP contribution is -2.40. The SMILES string of the molecule is CCNC(=NCc1nc(-c2ccco2)n[nH]1)NCC(CCO)CC(C)C. The number of hydrogen-bond donors (Lipinski definition) is 4. The van der Waals surface area contributed by atoms with Crippen molar-refractivity contribution in [2.75, 3.05) is 19.7 Å². The summed E-state index contributed by atoms with van der Waals surface area (Å²) in [6.45, 7) is 8.57. The van der Waals surface area contributed by atoms with Crippen LogP contribution in [0.5, 0.6) is 0 Å². The van der Waals surface area contributed by atoms with Crippen molar-refractivity contribution in [3.8, 4) is 11.6 Å². The van der Waals surface area contributed by atoms with E-state index in [9.17, 15) is 5.11 Å². The third-order valence-electron chi connectivity index (χ3n) is 3.90. The van der Waals surface area contributed by atoms with Gasteiger partial charge in [-0.1, -0.05) is 13.8 Å². The number of aromatic nitrogens is 3. The fourth-order valence-electron chi connectivity index (χ4n) is 2.77. The molecule has 0 aliphatic rings. The van der Waals surface area contributed by atoms with E-state index >= 15 is 0 Å². The van der Waals surface area contributed by atoms with E-state index in [1.165, 1.54) is 0 Å². The number of aromatic amines is 1. The summed E-state index contributed by atoms with van der Waals surface area (Å²) in [6.07, 6.45) is 3.46. The van der Waals surface area contributed by atoms with E-state index in [4.69, 9.17) is 4.42 Å². The third-order valence-corrected chi connectivity index (χ3v) is 3.90. The largest absolute Gasteiger partial charge is 0.461 e. The molecular weight excluding hydrogens is 332 g/mol. The number of nitrogens with one attached hydrogen (secondary N) is 3. The van der Waals surface area contributed by atoms with Crippen LogP contribution in [0.3, 0.4) is 0 Å². The number of rotatable bonds is 10. The van der Waals surface area contributed by atoms with Crippen molar-refractivity contribution < 1.29 is 9.52 Å². The molecule has 1 unspecified atom stereocenters. The average Bonchev–Trinajstić information content (AvgIpc) is 3.28. The Bertz CT molecular complexity index is 650. The molecule has 2 heterocycles. The normalized spacial score (nSPS) is 13.2. The molecule has 0 aliphatic heterocycles. The Morgan fingerprint density at radius 1 is 1.38 bits per heavy atom. The zero-order chi connectivity index (χ0) is 18.8. The van der Waals surface area contributed by atoms with E-state index in [-0.39, 0.29) is 6.61 Å². The Balaban J connectivity index is 1.93. The molecule has 0 fully saturated rings. The molecule has 2 aromatic rings. The van der Waals surface area contributed by atoms with Crippen LogP contribution in [0.15, 0.2) is 27.8 Å². The van der Waals surface area contributed by atoms with Crippen LogP contribution < -0.4 is 10.6 Å². The second kappa shape index (κ2) is 10.6. The van der Waals surface area contributed by atoms with Gasteiger partial charge in [0.05, 0.1) is 6.26 Å². The Hall–Kier alpha value is -2.35. The molecule has 144 valence electrons. The molecule has 0 amide bonds. The standard InChI is InChI=1S/C18H30N6O2/c1-4-19-18(20-11-14(7-8-25)10-13(2)3)21-12-16-22-17(24-23-16)15-6-5-9-26-15/h5-6,9,13-14,25H,4,7-8,10-12H2,1-3H3,(H2,19,20,21)(H,22,23,24). The summed E-state index contributed by atoms with van der Waals surface area (Å²) >= 11 is 0. The van der Waals surface area contributed by atoms with Crippen LogP contribution in [0, 0.1) is 11.8 Å². The van der Waals surface area contributed by atoms with Crippen molar-refractivity contribution in [2.45, 2.75) is 40.2 Å². The second-order valence-electron chi connectivity index (χ2n) is 6.67. The first-order valence-electron chi connectivity index (χ1n) is 9.20. The average molecular weight is 362 g/mol. The van der Waals surface area contributed by atoms with Crippen LogP contribution in [0.4, 0.5) is 0 Å². The van der Waals surface area contributed by atoms with Gasteiger partial charge in [0.25, 0.3) is 0 Å². The molecule has 4 N–H and O–H groups in total. The number of aliphatic hydroxyl groups is 1. The third kappa shape index (κ3) is 6.51. The molecule has 8 nitrogen and oxygen atoms in total. The van der Waals surface area contributed by atoms with Crippen LogP contribution >= 0.6 is 0 Å². The van der Waals surface area contributed by atoms with Gasteiger partial charge in [0.2, 0.25) is 5.82 Å². The molecule has 2 rings (SSSR count). The number of nitrogens with zero attached hydrogens (tertiary/aromatic N) is 3. The first kappa shape index (κ1) is 20.0. The van der Waals surface area contributed by atoms with E-state index in [2.05, 4.69) is 44.7 Å². The maximum atomic E-state index is 9.25. The molecule has 8 heteroatoms. The minimum absolute atomic E-state index is 0.209.